The third-order valence-corrected chi connectivity index (χ3v) is 4.14. The zero-order valence-electron chi connectivity index (χ0n) is 8.32. The van der Waals surface area contributed by atoms with Crippen molar-refractivity contribution in [3.05, 3.63) is 22.4 Å². The van der Waals surface area contributed by atoms with Crippen LogP contribution in [0.5, 0.6) is 0 Å². The van der Waals surface area contributed by atoms with Crippen molar-refractivity contribution in [3.8, 4) is 0 Å². The lowest BCUT2D eigenvalue weighted by Gasteiger charge is -2.13. The minimum Gasteiger partial charge on any atom is -0.303 e. The van der Waals surface area contributed by atoms with E-state index in [0.717, 1.165) is 18.6 Å². The summed E-state index contributed by atoms with van der Waals surface area (Å²) in [4.78, 5) is 12.2. The van der Waals surface area contributed by atoms with E-state index < -0.39 is 0 Å². The zero-order chi connectivity index (χ0) is 9.80. The van der Waals surface area contributed by atoms with Crippen LogP contribution in [0, 0.1) is 5.92 Å². The molecule has 1 fully saturated rings. The molecule has 14 heavy (non-hydrogen) atoms. The Morgan fingerprint density at radius 3 is 2.86 bits per heavy atom. The van der Waals surface area contributed by atoms with Gasteiger partial charge in [0.2, 0.25) is 0 Å². The molecule has 0 aliphatic heterocycles. The highest BCUT2D eigenvalue weighted by atomic mass is 32.1. The van der Waals surface area contributed by atoms with Crippen molar-refractivity contribution in [1.29, 1.82) is 0 Å². The van der Waals surface area contributed by atoms with Gasteiger partial charge in [0.15, 0.2) is 0 Å². The molecule has 1 heterocycles. The van der Waals surface area contributed by atoms with Crippen LogP contribution in [0.25, 0.3) is 0 Å². The first kappa shape index (κ1) is 9.91. The van der Waals surface area contributed by atoms with Crippen molar-refractivity contribution in [3.63, 3.8) is 0 Å². The van der Waals surface area contributed by atoms with Gasteiger partial charge in [-0.3, -0.25) is 0 Å². The Kier molecular flexibility index (Phi) is 3.35. The highest BCUT2D eigenvalue weighted by molar-refractivity contribution is 7.10. The molecule has 0 N–H and O–H groups in total. The Labute approximate surface area is 89.1 Å². The molecule has 1 nitrogen and oxygen atoms in total. The Morgan fingerprint density at radius 2 is 2.29 bits per heavy atom. The molecule has 1 atom stereocenters. The third kappa shape index (κ3) is 2.24. The van der Waals surface area contributed by atoms with Gasteiger partial charge < -0.3 is 4.79 Å². The molecule has 0 amide bonds. The fraction of sp³-hybridized carbons (Fsp3) is 0.583. The first-order valence-electron chi connectivity index (χ1n) is 5.39. The maximum absolute atomic E-state index is 11.0. The Bertz CT molecular complexity index is 273. The van der Waals surface area contributed by atoms with Crippen LogP contribution >= 0.6 is 11.3 Å². The van der Waals surface area contributed by atoms with Gasteiger partial charge in [-0.05, 0) is 23.8 Å². The van der Waals surface area contributed by atoms with Crippen LogP contribution < -0.4 is 0 Å². The van der Waals surface area contributed by atoms with Gasteiger partial charge >= 0.3 is 0 Å². The van der Waals surface area contributed by atoms with Crippen molar-refractivity contribution < 1.29 is 4.79 Å². The average Bonchev–Trinajstić information content (AvgIpc) is 2.86. The van der Waals surface area contributed by atoms with Crippen molar-refractivity contribution in [2.24, 2.45) is 5.92 Å². The van der Waals surface area contributed by atoms with Crippen LogP contribution in [0.3, 0.4) is 0 Å². The van der Waals surface area contributed by atoms with Gasteiger partial charge in [0.25, 0.3) is 0 Å². The summed E-state index contributed by atoms with van der Waals surface area (Å²) in [6.45, 7) is 0. The molecular weight excluding hydrogens is 192 g/mol. The normalized spacial score (nSPS) is 19.7. The summed E-state index contributed by atoms with van der Waals surface area (Å²) in [5, 5.41) is 2.06. The number of aldehydes is 1. The van der Waals surface area contributed by atoms with Gasteiger partial charge in [0.1, 0.15) is 6.29 Å². The van der Waals surface area contributed by atoms with E-state index in [0.29, 0.717) is 0 Å². The minimum atomic E-state index is 0.165. The molecular formula is C12H16OS. The fourth-order valence-corrected chi connectivity index (χ4v) is 3.14. The van der Waals surface area contributed by atoms with Gasteiger partial charge in [0, 0.05) is 10.8 Å². The molecule has 1 aromatic heterocycles. The molecule has 1 unspecified atom stereocenters. The molecule has 0 aromatic carbocycles. The number of hydrogen-bond donors (Lipinski definition) is 0. The summed E-state index contributed by atoms with van der Waals surface area (Å²) in [5.41, 5.74) is 0. The van der Waals surface area contributed by atoms with E-state index in [1.807, 2.05) is 6.07 Å². The summed E-state index contributed by atoms with van der Waals surface area (Å²) >= 11 is 1.71. The summed E-state index contributed by atoms with van der Waals surface area (Å²) in [6, 6.07) is 4.11. The third-order valence-electron chi connectivity index (χ3n) is 3.13. The monoisotopic (exact) mass is 208 g/mol. The van der Waals surface area contributed by atoms with Crippen LogP contribution in [-0.2, 0) is 4.79 Å². The van der Waals surface area contributed by atoms with Crippen LogP contribution in [0.2, 0.25) is 0 Å². The molecule has 1 saturated carbocycles. The van der Waals surface area contributed by atoms with Crippen molar-refractivity contribution in [1.82, 2.24) is 0 Å². The standard InChI is InChI=1S/C12H16OS/c13-9-11(12-6-3-7-14-12)8-10-4-1-2-5-10/h3,6-7,9-11H,1-2,4-5,8H2. The maximum atomic E-state index is 11.0. The Morgan fingerprint density at radius 1 is 1.50 bits per heavy atom. The number of thiophene rings is 1. The second kappa shape index (κ2) is 4.74. The fourth-order valence-electron chi connectivity index (χ4n) is 2.35. The van der Waals surface area contributed by atoms with Gasteiger partial charge in [-0.25, -0.2) is 0 Å². The van der Waals surface area contributed by atoms with E-state index in [1.165, 1.54) is 30.6 Å². The molecule has 76 valence electrons. The maximum Gasteiger partial charge on any atom is 0.128 e. The SMILES string of the molecule is O=CC(CC1CCCC1)c1cccs1. The molecule has 0 radical (unpaired) electrons. The molecule has 0 spiro atoms. The van der Waals surface area contributed by atoms with Gasteiger partial charge in [0.05, 0.1) is 0 Å². The van der Waals surface area contributed by atoms with Crippen LogP contribution in [0.15, 0.2) is 17.5 Å². The second-order valence-electron chi connectivity index (χ2n) is 4.14. The molecule has 2 heteroatoms. The number of carbonyl (C=O) groups excluding carboxylic acids is 1. The van der Waals surface area contributed by atoms with E-state index in [4.69, 9.17) is 0 Å². The van der Waals surface area contributed by atoms with Gasteiger partial charge in [-0.1, -0.05) is 31.7 Å². The number of rotatable bonds is 4. The highest BCUT2D eigenvalue weighted by Gasteiger charge is 2.21. The predicted octanol–water partition coefficient (Wildman–Crippen LogP) is 3.61. The lowest BCUT2D eigenvalue weighted by atomic mass is 9.93. The van der Waals surface area contributed by atoms with Gasteiger partial charge in [-0.2, -0.15) is 0 Å². The van der Waals surface area contributed by atoms with E-state index in [2.05, 4.69) is 11.4 Å². The van der Waals surface area contributed by atoms with E-state index in [1.54, 1.807) is 11.3 Å². The van der Waals surface area contributed by atoms with Gasteiger partial charge in [-0.15, -0.1) is 11.3 Å². The summed E-state index contributed by atoms with van der Waals surface area (Å²) < 4.78 is 0. The predicted molar refractivity (Wildman–Crippen MR) is 59.7 cm³/mol. The zero-order valence-corrected chi connectivity index (χ0v) is 9.13. The summed E-state index contributed by atoms with van der Waals surface area (Å²) in [7, 11) is 0. The number of hydrogen-bond acceptors (Lipinski definition) is 2. The molecule has 1 aromatic rings. The molecule has 1 aliphatic carbocycles. The summed E-state index contributed by atoms with van der Waals surface area (Å²) in [6.07, 6.45) is 7.58. The quantitative estimate of drug-likeness (QED) is 0.691. The smallest absolute Gasteiger partial charge is 0.128 e. The molecule has 0 saturated heterocycles. The van der Waals surface area contributed by atoms with Crippen molar-refractivity contribution >= 4 is 17.6 Å². The van der Waals surface area contributed by atoms with E-state index >= 15 is 0 Å². The first-order chi connectivity index (χ1) is 6.90. The molecule has 2 rings (SSSR count). The first-order valence-corrected chi connectivity index (χ1v) is 6.27. The molecule has 0 bridgehead atoms. The minimum absolute atomic E-state index is 0.165. The van der Waals surface area contributed by atoms with Crippen LogP contribution in [-0.4, -0.2) is 6.29 Å². The van der Waals surface area contributed by atoms with Crippen LogP contribution in [0.4, 0.5) is 0 Å². The summed E-state index contributed by atoms with van der Waals surface area (Å²) in [5.74, 6) is 0.963. The lowest BCUT2D eigenvalue weighted by Crippen LogP contribution is -2.04. The topological polar surface area (TPSA) is 17.1 Å². The van der Waals surface area contributed by atoms with E-state index in [-0.39, 0.29) is 5.92 Å². The Balaban J connectivity index is 1.96. The van der Waals surface area contributed by atoms with Crippen molar-refractivity contribution in [2.45, 2.75) is 38.0 Å². The Hall–Kier alpha value is -0.630. The second-order valence-corrected chi connectivity index (χ2v) is 5.12. The number of carbonyl (C=O) groups is 1. The highest BCUT2D eigenvalue weighted by Crippen LogP contribution is 2.34. The van der Waals surface area contributed by atoms with E-state index in [9.17, 15) is 4.79 Å². The average molecular weight is 208 g/mol. The van der Waals surface area contributed by atoms with Crippen molar-refractivity contribution in [2.75, 3.05) is 0 Å². The van der Waals surface area contributed by atoms with Crippen LogP contribution in [0.1, 0.15) is 42.9 Å². The lowest BCUT2D eigenvalue weighted by molar-refractivity contribution is -0.109. The largest absolute Gasteiger partial charge is 0.303 e. The molecule has 1 aliphatic rings.